The van der Waals surface area contributed by atoms with Crippen LogP contribution >= 0.6 is 12.6 Å². The summed E-state index contributed by atoms with van der Waals surface area (Å²) in [6, 6.07) is 0. The largest absolute Gasteiger partial charge is 0.480 e. The fraction of sp³-hybridized carbons (Fsp3) is 0.900. The summed E-state index contributed by atoms with van der Waals surface area (Å²) in [6.07, 6.45) is 8.27. The topological polar surface area (TPSA) is 57.5 Å². The first-order valence-corrected chi connectivity index (χ1v) is 5.75. The summed E-state index contributed by atoms with van der Waals surface area (Å²) in [4.78, 5) is 9.12. The molecule has 2 N–H and O–H groups in total. The van der Waals surface area contributed by atoms with Crippen molar-refractivity contribution in [2.45, 2.75) is 45.4 Å². The number of carbonyl (C=O) groups is 1. The minimum Gasteiger partial charge on any atom is -0.480 e. The second kappa shape index (κ2) is 15.3. The molecule has 0 radical (unpaired) electrons. The number of aliphatic hydroxyl groups is 1. The summed E-state index contributed by atoms with van der Waals surface area (Å²) >= 11 is 4.15. The molecule has 0 fully saturated rings. The molecule has 4 heteroatoms. The van der Waals surface area contributed by atoms with Crippen LogP contribution in [0, 0.1) is 0 Å². The number of rotatable bonds is 7. The lowest BCUT2D eigenvalue weighted by Crippen LogP contribution is -1.98. The Labute approximate surface area is 91.9 Å². The maximum atomic E-state index is 9.12. The number of aliphatic carboxylic acids is 1. The van der Waals surface area contributed by atoms with E-state index >= 15 is 0 Å². The average Bonchev–Trinajstić information content (AvgIpc) is 2.19. The SMILES string of the molecule is CCCCCCCCS.O=C(O)CO. The zero-order valence-corrected chi connectivity index (χ0v) is 9.80. The van der Waals surface area contributed by atoms with Crippen molar-refractivity contribution in [2.24, 2.45) is 0 Å². The van der Waals surface area contributed by atoms with Crippen molar-refractivity contribution >= 4 is 18.6 Å². The van der Waals surface area contributed by atoms with E-state index in [9.17, 15) is 0 Å². The van der Waals surface area contributed by atoms with Gasteiger partial charge >= 0.3 is 5.97 Å². The van der Waals surface area contributed by atoms with Gasteiger partial charge in [0.05, 0.1) is 0 Å². The molecule has 0 aromatic carbocycles. The third-order valence-corrected chi connectivity index (χ3v) is 1.96. The monoisotopic (exact) mass is 222 g/mol. The minimum absolute atomic E-state index is 0.778. The summed E-state index contributed by atoms with van der Waals surface area (Å²) in [5.74, 6) is -0.128. The number of aliphatic hydroxyl groups excluding tert-OH is 1. The fourth-order valence-electron chi connectivity index (χ4n) is 0.892. The minimum atomic E-state index is -1.19. The van der Waals surface area contributed by atoms with Gasteiger partial charge in [0.1, 0.15) is 6.61 Å². The summed E-state index contributed by atoms with van der Waals surface area (Å²) in [6.45, 7) is 1.47. The highest BCUT2D eigenvalue weighted by Gasteiger charge is 1.86. The van der Waals surface area contributed by atoms with Gasteiger partial charge in [-0.3, -0.25) is 0 Å². The molecule has 0 amide bonds. The van der Waals surface area contributed by atoms with Crippen molar-refractivity contribution in [2.75, 3.05) is 12.4 Å². The lowest BCUT2D eigenvalue weighted by atomic mass is 10.1. The van der Waals surface area contributed by atoms with Crippen molar-refractivity contribution in [3.8, 4) is 0 Å². The van der Waals surface area contributed by atoms with Crippen LogP contribution in [-0.2, 0) is 4.79 Å². The number of carboxylic acids is 1. The van der Waals surface area contributed by atoms with Gasteiger partial charge in [-0.05, 0) is 12.2 Å². The molecule has 0 aliphatic carbocycles. The Morgan fingerprint density at radius 2 is 1.57 bits per heavy atom. The molecule has 0 rings (SSSR count). The molecular weight excluding hydrogens is 200 g/mol. The van der Waals surface area contributed by atoms with Gasteiger partial charge < -0.3 is 10.2 Å². The highest BCUT2D eigenvalue weighted by molar-refractivity contribution is 7.80. The van der Waals surface area contributed by atoms with Crippen molar-refractivity contribution in [3.63, 3.8) is 0 Å². The molecule has 14 heavy (non-hydrogen) atoms. The molecular formula is C10H22O3S. The van der Waals surface area contributed by atoms with Gasteiger partial charge in [-0.25, -0.2) is 4.79 Å². The molecule has 0 aliphatic heterocycles. The molecule has 0 spiro atoms. The first kappa shape index (κ1) is 16.2. The van der Waals surface area contributed by atoms with Crippen molar-refractivity contribution in [3.05, 3.63) is 0 Å². The van der Waals surface area contributed by atoms with Gasteiger partial charge in [-0.15, -0.1) is 0 Å². The maximum Gasteiger partial charge on any atom is 0.329 e. The second-order valence-electron chi connectivity index (χ2n) is 3.04. The second-order valence-corrected chi connectivity index (χ2v) is 3.49. The number of hydrogen-bond acceptors (Lipinski definition) is 3. The van der Waals surface area contributed by atoms with E-state index in [1.165, 1.54) is 38.5 Å². The Kier molecular flexibility index (Phi) is 17.7. The van der Waals surface area contributed by atoms with E-state index < -0.39 is 12.6 Å². The summed E-state index contributed by atoms with van der Waals surface area (Å²) in [5, 5.41) is 15.0. The molecule has 0 aromatic heterocycles. The quantitative estimate of drug-likeness (QED) is 0.458. The predicted octanol–water partition coefficient (Wildman–Crippen LogP) is 2.34. The Balaban J connectivity index is 0. The van der Waals surface area contributed by atoms with E-state index in [0.29, 0.717) is 0 Å². The lowest BCUT2D eigenvalue weighted by molar-refractivity contribution is -0.140. The Hall–Kier alpha value is -0.220. The summed E-state index contributed by atoms with van der Waals surface area (Å²) in [5.41, 5.74) is 0. The molecule has 0 saturated heterocycles. The van der Waals surface area contributed by atoms with E-state index in [1.54, 1.807) is 0 Å². The first-order chi connectivity index (χ1) is 6.68. The van der Waals surface area contributed by atoms with Crippen LogP contribution < -0.4 is 0 Å². The number of carboxylic acid groups (broad SMARTS) is 1. The van der Waals surface area contributed by atoms with Crippen LogP contribution in [0.2, 0.25) is 0 Å². The number of unbranched alkanes of at least 4 members (excludes halogenated alkanes) is 5. The maximum absolute atomic E-state index is 9.12. The Morgan fingerprint density at radius 3 is 1.93 bits per heavy atom. The number of hydrogen-bond donors (Lipinski definition) is 3. The van der Waals surface area contributed by atoms with Gasteiger partial charge in [-0.2, -0.15) is 12.6 Å². The molecule has 0 heterocycles. The first-order valence-electron chi connectivity index (χ1n) is 5.12. The highest BCUT2D eigenvalue weighted by atomic mass is 32.1. The highest BCUT2D eigenvalue weighted by Crippen LogP contribution is 2.04. The smallest absolute Gasteiger partial charge is 0.329 e. The van der Waals surface area contributed by atoms with Crippen molar-refractivity contribution in [1.82, 2.24) is 0 Å². The third kappa shape index (κ3) is 22.6. The van der Waals surface area contributed by atoms with Gasteiger partial charge in [0.2, 0.25) is 0 Å². The van der Waals surface area contributed by atoms with Crippen molar-refractivity contribution in [1.29, 1.82) is 0 Å². The van der Waals surface area contributed by atoms with Crippen LogP contribution in [0.15, 0.2) is 0 Å². The summed E-state index contributed by atoms with van der Waals surface area (Å²) < 4.78 is 0. The van der Waals surface area contributed by atoms with Crippen LogP contribution in [0.4, 0.5) is 0 Å². The van der Waals surface area contributed by atoms with Crippen molar-refractivity contribution < 1.29 is 15.0 Å². The zero-order chi connectivity index (χ0) is 11.2. The van der Waals surface area contributed by atoms with Gasteiger partial charge in [0.25, 0.3) is 0 Å². The number of thiol groups is 1. The van der Waals surface area contributed by atoms with Gasteiger partial charge in [0.15, 0.2) is 0 Å². The van der Waals surface area contributed by atoms with Gasteiger partial charge in [-0.1, -0.05) is 39.0 Å². The van der Waals surface area contributed by atoms with Crippen LogP contribution in [0.25, 0.3) is 0 Å². The summed E-state index contributed by atoms with van der Waals surface area (Å²) in [7, 11) is 0. The van der Waals surface area contributed by atoms with Crippen LogP contribution in [-0.4, -0.2) is 28.5 Å². The Morgan fingerprint density at radius 1 is 1.14 bits per heavy atom. The Bertz CT molecular complexity index is 112. The third-order valence-electron chi connectivity index (χ3n) is 1.65. The van der Waals surface area contributed by atoms with Gasteiger partial charge in [0, 0.05) is 0 Å². The molecule has 0 aromatic rings. The molecule has 0 unspecified atom stereocenters. The van der Waals surface area contributed by atoms with E-state index in [0.717, 1.165) is 5.75 Å². The predicted molar refractivity (Wildman–Crippen MR) is 62.0 cm³/mol. The van der Waals surface area contributed by atoms with E-state index in [-0.39, 0.29) is 0 Å². The zero-order valence-electron chi connectivity index (χ0n) is 8.91. The molecule has 0 aliphatic rings. The standard InChI is InChI=1S/C8H18S.C2H4O3/c1-2-3-4-5-6-7-8-9;3-1-2(4)5/h9H,2-8H2,1H3;3H,1H2,(H,4,5). The fourth-order valence-corrected chi connectivity index (χ4v) is 1.12. The van der Waals surface area contributed by atoms with Crippen LogP contribution in [0.5, 0.6) is 0 Å². The van der Waals surface area contributed by atoms with Crippen LogP contribution in [0.3, 0.4) is 0 Å². The van der Waals surface area contributed by atoms with E-state index in [2.05, 4.69) is 19.6 Å². The average molecular weight is 222 g/mol. The molecule has 86 valence electrons. The molecule has 3 nitrogen and oxygen atoms in total. The molecule has 0 saturated carbocycles. The van der Waals surface area contributed by atoms with Crippen LogP contribution in [0.1, 0.15) is 45.4 Å². The normalized spacial score (nSPS) is 9.07. The van der Waals surface area contributed by atoms with E-state index in [1.807, 2.05) is 0 Å². The molecule has 0 atom stereocenters. The van der Waals surface area contributed by atoms with E-state index in [4.69, 9.17) is 15.0 Å². The lowest BCUT2D eigenvalue weighted by Gasteiger charge is -1.95. The molecule has 0 bridgehead atoms.